The predicted molar refractivity (Wildman–Crippen MR) is 77.8 cm³/mol. The van der Waals surface area contributed by atoms with E-state index < -0.39 is 0 Å². The van der Waals surface area contributed by atoms with Crippen molar-refractivity contribution in [1.29, 1.82) is 0 Å². The third kappa shape index (κ3) is 2.82. The fourth-order valence-electron chi connectivity index (χ4n) is 1.69. The SMILES string of the molecule is CSCCN(C)c1ccc2cc(N)ccc2n1. The van der Waals surface area contributed by atoms with E-state index in [-0.39, 0.29) is 0 Å². The molecule has 90 valence electrons. The Bertz CT molecular complexity index is 513. The van der Waals surface area contributed by atoms with Crippen LogP contribution in [-0.2, 0) is 0 Å². The lowest BCUT2D eigenvalue weighted by atomic mass is 10.2. The molecule has 1 heterocycles. The maximum Gasteiger partial charge on any atom is 0.129 e. The number of fused-ring (bicyclic) bond motifs is 1. The monoisotopic (exact) mass is 247 g/mol. The van der Waals surface area contributed by atoms with Crippen LogP contribution in [0.15, 0.2) is 30.3 Å². The average molecular weight is 247 g/mol. The van der Waals surface area contributed by atoms with Gasteiger partial charge in [0, 0.05) is 30.4 Å². The van der Waals surface area contributed by atoms with Crippen LogP contribution in [0.2, 0.25) is 0 Å². The van der Waals surface area contributed by atoms with Gasteiger partial charge in [0.15, 0.2) is 0 Å². The fourth-order valence-corrected chi connectivity index (χ4v) is 2.15. The van der Waals surface area contributed by atoms with E-state index >= 15 is 0 Å². The van der Waals surface area contributed by atoms with Crippen molar-refractivity contribution in [3.63, 3.8) is 0 Å². The zero-order chi connectivity index (χ0) is 12.3. The molecule has 2 rings (SSSR count). The summed E-state index contributed by atoms with van der Waals surface area (Å²) in [6, 6.07) is 9.93. The Morgan fingerprint density at radius 1 is 1.29 bits per heavy atom. The second-order valence-electron chi connectivity index (χ2n) is 4.04. The van der Waals surface area contributed by atoms with E-state index in [0.717, 1.165) is 34.7 Å². The first kappa shape index (κ1) is 12.0. The van der Waals surface area contributed by atoms with Gasteiger partial charge in [0.05, 0.1) is 5.52 Å². The molecule has 0 atom stereocenters. The Morgan fingerprint density at radius 3 is 2.88 bits per heavy atom. The van der Waals surface area contributed by atoms with Gasteiger partial charge in [0.2, 0.25) is 0 Å². The maximum absolute atomic E-state index is 5.75. The van der Waals surface area contributed by atoms with Crippen molar-refractivity contribution in [3.8, 4) is 0 Å². The molecule has 4 heteroatoms. The number of benzene rings is 1. The van der Waals surface area contributed by atoms with Crippen LogP contribution in [0, 0.1) is 0 Å². The summed E-state index contributed by atoms with van der Waals surface area (Å²) in [7, 11) is 2.07. The molecule has 0 aliphatic carbocycles. The number of anilines is 2. The van der Waals surface area contributed by atoms with Crippen molar-refractivity contribution in [1.82, 2.24) is 4.98 Å². The second kappa shape index (κ2) is 5.27. The van der Waals surface area contributed by atoms with Crippen LogP contribution in [0.25, 0.3) is 10.9 Å². The molecule has 0 amide bonds. The third-order valence-electron chi connectivity index (χ3n) is 2.72. The van der Waals surface area contributed by atoms with Crippen LogP contribution in [0.5, 0.6) is 0 Å². The summed E-state index contributed by atoms with van der Waals surface area (Å²) in [6.07, 6.45) is 2.12. The van der Waals surface area contributed by atoms with E-state index in [1.165, 1.54) is 0 Å². The molecule has 17 heavy (non-hydrogen) atoms. The van der Waals surface area contributed by atoms with Gasteiger partial charge in [-0.15, -0.1) is 0 Å². The third-order valence-corrected chi connectivity index (χ3v) is 3.31. The van der Waals surface area contributed by atoms with Crippen LogP contribution in [0.4, 0.5) is 11.5 Å². The molecular formula is C13H17N3S. The van der Waals surface area contributed by atoms with Crippen molar-refractivity contribution in [2.24, 2.45) is 0 Å². The van der Waals surface area contributed by atoms with Crippen LogP contribution >= 0.6 is 11.8 Å². The summed E-state index contributed by atoms with van der Waals surface area (Å²) in [5.74, 6) is 2.12. The Labute approximate surface area is 106 Å². The smallest absolute Gasteiger partial charge is 0.129 e. The number of nitrogen functional groups attached to an aromatic ring is 1. The Morgan fingerprint density at radius 2 is 2.12 bits per heavy atom. The van der Waals surface area contributed by atoms with Crippen molar-refractivity contribution in [2.45, 2.75) is 0 Å². The molecule has 0 fully saturated rings. The van der Waals surface area contributed by atoms with Crippen LogP contribution in [0.1, 0.15) is 0 Å². The molecule has 0 aliphatic rings. The van der Waals surface area contributed by atoms with Gasteiger partial charge in [-0.3, -0.25) is 0 Å². The number of aromatic nitrogens is 1. The first-order valence-electron chi connectivity index (χ1n) is 5.57. The lowest BCUT2D eigenvalue weighted by Crippen LogP contribution is -2.21. The fraction of sp³-hybridized carbons (Fsp3) is 0.308. The molecule has 0 unspecified atom stereocenters. The first-order valence-corrected chi connectivity index (χ1v) is 6.96. The van der Waals surface area contributed by atoms with Gasteiger partial charge in [-0.05, 0) is 36.6 Å². The number of hydrogen-bond acceptors (Lipinski definition) is 4. The highest BCUT2D eigenvalue weighted by molar-refractivity contribution is 7.98. The zero-order valence-corrected chi connectivity index (χ0v) is 11.0. The number of nitrogens with two attached hydrogens (primary N) is 1. The molecule has 0 radical (unpaired) electrons. The molecule has 0 bridgehead atoms. The summed E-state index contributed by atoms with van der Waals surface area (Å²) in [5.41, 5.74) is 7.52. The molecule has 0 saturated carbocycles. The topological polar surface area (TPSA) is 42.1 Å². The summed E-state index contributed by atoms with van der Waals surface area (Å²) in [5, 5.41) is 1.09. The molecule has 0 saturated heterocycles. The number of hydrogen-bond donors (Lipinski definition) is 1. The highest BCUT2D eigenvalue weighted by atomic mass is 32.2. The summed E-state index contributed by atoms with van der Waals surface area (Å²) in [6.45, 7) is 1.01. The van der Waals surface area contributed by atoms with Gasteiger partial charge in [-0.25, -0.2) is 4.98 Å². The van der Waals surface area contributed by atoms with Crippen LogP contribution in [0.3, 0.4) is 0 Å². The van der Waals surface area contributed by atoms with Gasteiger partial charge >= 0.3 is 0 Å². The number of nitrogens with zero attached hydrogens (tertiary/aromatic N) is 2. The highest BCUT2D eigenvalue weighted by Crippen LogP contribution is 2.19. The lowest BCUT2D eigenvalue weighted by Gasteiger charge is -2.17. The molecule has 2 aromatic rings. The van der Waals surface area contributed by atoms with Gasteiger partial charge in [-0.2, -0.15) is 11.8 Å². The Balaban J connectivity index is 2.28. The van der Waals surface area contributed by atoms with E-state index in [0.29, 0.717) is 0 Å². The molecule has 3 nitrogen and oxygen atoms in total. The van der Waals surface area contributed by atoms with Gasteiger partial charge in [-0.1, -0.05) is 0 Å². The van der Waals surface area contributed by atoms with E-state index in [1.807, 2.05) is 36.0 Å². The number of rotatable bonds is 4. The summed E-state index contributed by atoms with van der Waals surface area (Å²) < 4.78 is 0. The van der Waals surface area contributed by atoms with E-state index in [1.54, 1.807) is 0 Å². The summed E-state index contributed by atoms with van der Waals surface area (Å²) >= 11 is 1.84. The van der Waals surface area contributed by atoms with Crippen molar-refractivity contribution < 1.29 is 0 Å². The van der Waals surface area contributed by atoms with Gasteiger partial charge < -0.3 is 10.6 Å². The minimum Gasteiger partial charge on any atom is -0.399 e. The van der Waals surface area contributed by atoms with Crippen molar-refractivity contribution in [3.05, 3.63) is 30.3 Å². The van der Waals surface area contributed by atoms with Crippen LogP contribution < -0.4 is 10.6 Å². The molecule has 2 N–H and O–H groups in total. The molecular weight excluding hydrogens is 230 g/mol. The molecule has 0 aliphatic heterocycles. The van der Waals surface area contributed by atoms with Crippen LogP contribution in [-0.4, -0.2) is 30.6 Å². The Hall–Kier alpha value is -1.42. The largest absolute Gasteiger partial charge is 0.399 e. The molecule has 0 spiro atoms. The van der Waals surface area contributed by atoms with Gasteiger partial charge in [0.25, 0.3) is 0 Å². The number of pyridine rings is 1. The molecule has 1 aromatic carbocycles. The first-order chi connectivity index (χ1) is 8.20. The van der Waals surface area contributed by atoms with Crippen molar-refractivity contribution >= 4 is 34.2 Å². The quantitative estimate of drug-likeness (QED) is 0.843. The van der Waals surface area contributed by atoms with E-state index in [9.17, 15) is 0 Å². The average Bonchev–Trinajstić information content (AvgIpc) is 2.35. The standard InChI is InChI=1S/C13H17N3S/c1-16(7-8-17-2)13-6-3-10-9-11(14)4-5-12(10)15-13/h3-6,9H,7-8,14H2,1-2H3. The Kier molecular flexibility index (Phi) is 3.74. The zero-order valence-electron chi connectivity index (χ0n) is 10.2. The van der Waals surface area contributed by atoms with E-state index in [4.69, 9.17) is 5.73 Å². The number of thioether (sulfide) groups is 1. The van der Waals surface area contributed by atoms with E-state index in [2.05, 4.69) is 29.3 Å². The minimum absolute atomic E-state index is 0.780. The minimum atomic E-state index is 0.780. The lowest BCUT2D eigenvalue weighted by molar-refractivity contribution is 0.953. The van der Waals surface area contributed by atoms with Crippen molar-refractivity contribution in [2.75, 3.05) is 36.2 Å². The maximum atomic E-state index is 5.75. The normalized spacial score (nSPS) is 10.7. The highest BCUT2D eigenvalue weighted by Gasteiger charge is 2.03. The van der Waals surface area contributed by atoms with Gasteiger partial charge in [0.1, 0.15) is 5.82 Å². The second-order valence-corrected chi connectivity index (χ2v) is 5.02. The predicted octanol–water partition coefficient (Wildman–Crippen LogP) is 2.62. The summed E-state index contributed by atoms with van der Waals surface area (Å²) in [4.78, 5) is 6.80. The molecule has 1 aromatic heterocycles.